The number of benzene rings is 1. The average Bonchev–Trinajstić information content (AvgIpc) is 2.64. The smallest absolute Gasteiger partial charge is 0.319 e. The third kappa shape index (κ3) is 4.42. The van der Waals surface area contributed by atoms with Crippen LogP contribution in [0.4, 0.5) is 16.2 Å². The number of rotatable bonds is 3. The maximum Gasteiger partial charge on any atom is 0.319 e. The van der Waals surface area contributed by atoms with E-state index in [1.807, 2.05) is 0 Å². The summed E-state index contributed by atoms with van der Waals surface area (Å²) in [5, 5.41) is 25.9. The number of aliphatic hydroxyl groups excluding tert-OH is 1. The quantitative estimate of drug-likeness (QED) is 0.452. The third-order valence-electron chi connectivity index (χ3n) is 3.61. The molecule has 2 amide bonds. The Morgan fingerprint density at radius 3 is 2.81 bits per heavy atom. The maximum atomic E-state index is 11.9. The summed E-state index contributed by atoms with van der Waals surface area (Å²) in [6.07, 6.45) is 3.88. The van der Waals surface area contributed by atoms with E-state index in [9.17, 15) is 20.0 Å². The van der Waals surface area contributed by atoms with Crippen LogP contribution in [0, 0.1) is 10.1 Å². The zero-order valence-corrected chi connectivity index (χ0v) is 11.6. The number of amides is 2. The van der Waals surface area contributed by atoms with Gasteiger partial charge in [0.1, 0.15) is 0 Å². The van der Waals surface area contributed by atoms with E-state index in [-0.39, 0.29) is 11.7 Å². The number of anilines is 1. The number of carbonyl (C=O) groups excluding carboxylic acids is 1. The Hall–Kier alpha value is -2.15. The van der Waals surface area contributed by atoms with E-state index in [1.165, 1.54) is 18.2 Å². The minimum atomic E-state index is -0.539. The Kier molecular flexibility index (Phi) is 5.10. The molecule has 0 bridgehead atoms. The molecule has 2 atom stereocenters. The minimum absolute atomic E-state index is 0.0812. The molecule has 0 aromatic heterocycles. The molecular formula is C14H19N3O4. The summed E-state index contributed by atoms with van der Waals surface area (Å²) in [5.74, 6) is 0. The molecule has 1 aliphatic rings. The molecule has 0 saturated heterocycles. The van der Waals surface area contributed by atoms with Crippen molar-refractivity contribution in [2.24, 2.45) is 0 Å². The van der Waals surface area contributed by atoms with E-state index in [2.05, 4.69) is 10.6 Å². The number of hydrogen-bond acceptors (Lipinski definition) is 4. The highest BCUT2D eigenvalue weighted by molar-refractivity contribution is 5.89. The number of urea groups is 1. The molecule has 0 radical (unpaired) electrons. The highest BCUT2D eigenvalue weighted by atomic mass is 16.6. The number of nitrogens with zero attached hydrogens (tertiary/aromatic N) is 1. The second-order valence-corrected chi connectivity index (χ2v) is 5.22. The monoisotopic (exact) mass is 293 g/mol. The van der Waals surface area contributed by atoms with Crippen LogP contribution in [0.15, 0.2) is 24.3 Å². The molecule has 1 saturated carbocycles. The summed E-state index contributed by atoms with van der Waals surface area (Å²) >= 11 is 0. The van der Waals surface area contributed by atoms with E-state index in [0.29, 0.717) is 12.1 Å². The zero-order valence-electron chi connectivity index (χ0n) is 11.6. The summed E-state index contributed by atoms with van der Waals surface area (Å²) in [7, 11) is 0. The van der Waals surface area contributed by atoms with E-state index >= 15 is 0 Å². The Balaban J connectivity index is 1.94. The number of carbonyl (C=O) groups is 1. The van der Waals surface area contributed by atoms with Gasteiger partial charge >= 0.3 is 6.03 Å². The SMILES string of the molecule is O=C(Nc1cccc([N+](=O)[O-])c1)NC1CCCCCC1O. The van der Waals surface area contributed by atoms with Crippen LogP contribution in [-0.4, -0.2) is 28.2 Å². The van der Waals surface area contributed by atoms with E-state index < -0.39 is 17.1 Å². The van der Waals surface area contributed by atoms with Gasteiger partial charge in [-0.15, -0.1) is 0 Å². The number of nitrogens with one attached hydrogen (secondary N) is 2. The van der Waals surface area contributed by atoms with Gasteiger partial charge in [-0.25, -0.2) is 4.79 Å². The molecule has 7 nitrogen and oxygen atoms in total. The lowest BCUT2D eigenvalue weighted by atomic mass is 10.1. The van der Waals surface area contributed by atoms with Crippen molar-refractivity contribution >= 4 is 17.4 Å². The Labute approximate surface area is 122 Å². The molecule has 1 fully saturated rings. The Morgan fingerprint density at radius 2 is 2.05 bits per heavy atom. The molecule has 1 aromatic carbocycles. The molecule has 114 valence electrons. The van der Waals surface area contributed by atoms with Crippen LogP contribution in [0.3, 0.4) is 0 Å². The van der Waals surface area contributed by atoms with Crippen molar-refractivity contribution in [2.75, 3.05) is 5.32 Å². The highest BCUT2D eigenvalue weighted by Gasteiger charge is 2.23. The van der Waals surface area contributed by atoms with Crippen LogP contribution in [-0.2, 0) is 0 Å². The van der Waals surface area contributed by atoms with Crippen LogP contribution in [0.2, 0.25) is 0 Å². The summed E-state index contributed by atoms with van der Waals surface area (Å²) in [6.45, 7) is 0. The van der Waals surface area contributed by atoms with Crippen LogP contribution >= 0.6 is 0 Å². The fraction of sp³-hybridized carbons (Fsp3) is 0.500. The molecule has 1 aliphatic carbocycles. The molecule has 2 unspecified atom stereocenters. The van der Waals surface area contributed by atoms with Crippen molar-refractivity contribution in [1.82, 2.24) is 5.32 Å². The van der Waals surface area contributed by atoms with Crippen LogP contribution in [0.25, 0.3) is 0 Å². The average molecular weight is 293 g/mol. The van der Waals surface area contributed by atoms with Gasteiger partial charge in [-0.2, -0.15) is 0 Å². The molecule has 2 rings (SSSR count). The van der Waals surface area contributed by atoms with Gasteiger partial charge in [0.05, 0.1) is 17.1 Å². The predicted octanol–water partition coefficient (Wildman–Crippen LogP) is 2.41. The summed E-state index contributed by atoms with van der Waals surface area (Å²) in [6, 6.07) is 5.01. The largest absolute Gasteiger partial charge is 0.391 e. The third-order valence-corrected chi connectivity index (χ3v) is 3.61. The summed E-state index contributed by atoms with van der Waals surface area (Å²) < 4.78 is 0. The number of non-ortho nitro benzene ring substituents is 1. The molecular weight excluding hydrogens is 274 g/mol. The number of nitro groups is 1. The molecule has 7 heteroatoms. The zero-order chi connectivity index (χ0) is 15.2. The number of aliphatic hydroxyl groups is 1. The van der Waals surface area contributed by atoms with Gasteiger partial charge in [0.25, 0.3) is 5.69 Å². The van der Waals surface area contributed by atoms with Crippen molar-refractivity contribution in [3.63, 3.8) is 0 Å². The molecule has 0 aliphatic heterocycles. The maximum absolute atomic E-state index is 11.9. The van der Waals surface area contributed by atoms with Crippen molar-refractivity contribution in [1.29, 1.82) is 0 Å². The Morgan fingerprint density at radius 1 is 1.29 bits per heavy atom. The standard InChI is InChI=1S/C14H19N3O4/c18-13-8-3-1-2-7-12(13)16-14(19)15-10-5-4-6-11(9-10)17(20)21/h4-6,9,12-13,18H,1-3,7-8H2,(H2,15,16,19). The van der Waals surface area contributed by atoms with Crippen LogP contribution in [0.1, 0.15) is 32.1 Å². The van der Waals surface area contributed by atoms with Gasteiger partial charge in [-0.05, 0) is 18.9 Å². The van der Waals surface area contributed by atoms with Crippen molar-refractivity contribution in [3.05, 3.63) is 34.4 Å². The van der Waals surface area contributed by atoms with E-state index in [1.54, 1.807) is 6.07 Å². The second-order valence-electron chi connectivity index (χ2n) is 5.22. The lowest BCUT2D eigenvalue weighted by Crippen LogP contribution is -2.44. The van der Waals surface area contributed by atoms with E-state index in [0.717, 1.165) is 25.7 Å². The fourth-order valence-electron chi connectivity index (χ4n) is 2.49. The summed E-state index contributed by atoms with van der Waals surface area (Å²) in [4.78, 5) is 22.1. The fourth-order valence-corrected chi connectivity index (χ4v) is 2.49. The lowest BCUT2D eigenvalue weighted by Gasteiger charge is -2.21. The molecule has 0 heterocycles. The van der Waals surface area contributed by atoms with Crippen LogP contribution < -0.4 is 10.6 Å². The predicted molar refractivity (Wildman–Crippen MR) is 78.1 cm³/mol. The topological polar surface area (TPSA) is 104 Å². The first-order valence-corrected chi connectivity index (χ1v) is 7.06. The van der Waals surface area contributed by atoms with Gasteiger partial charge < -0.3 is 15.7 Å². The van der Waals surface area contributed by atoms with Crippen molar-refractivity contribution in [2.45, 2.75) is 44.2 Å². The second kappa shape index (κ2) is 7.03. The molecule has 1 aromatic rings. The van der Waals surface area contributed by atoms with Crippen molar-refractivity contribution in [3.8, 4) is 0 Å². The highest BCUT2D eigenvalue weighted by Crippen LogP contribution is 2.19. The first-order chi connectivity index (χ1) is 10.1. The van der Waals surface area contributed by atoms with Gasteiger partial charge in [0.15, 0.2) is 0 Å². The molecule has 21 heavy (non-hydrogen) atoms. The Bertz CT molecular complexity index is 521. The molecule has 3 N–H and O–H groups in total. The van der Waals surface area contributed by atoms with Gasteiger partial charge in [-0.3, -0.25) is 10.1 Å². The minimum Gasteiger partial charge on any atom is -0.391 e. The normalized spacial score (nSPS) is 22.1. The first-order valence-electron chi connectivity index (χ1n) is 7.06. The van der Waals surface area contributed by atoms with Crippen LogP contribution in [0.5, 0.6) is 0 Å². The van der Waals surface area contributed by atoms with E-state index in [4.69, 9.17) is 0 Å². The number of hydrogen-bond donors (Lipinski definition) is 3. The first kappa shape index (κ1) is 15.2. The number of nitro benzene ring substituents is 1. The van der Waals surface area contributed by atoms with Crippen molar-refractivity contribution < 1.29 is 14.8 Å². The molecule has 0 spiro atoms. The van der Waals surface area contributed by atoms with Gasteiger partial charge in [0, 0.05) is 17.8 Å². The summed E-state index contributed by atoms with van der Waals surface area (Å²) in [5.41, 5.74) is 0.270. The van der Waals surface area contributed by atoms with Gasteiger partial charge in [0.2, 0.25) is 0 Å². The lowest BCUT2D eigenvalue weighted by molar-refractivity contribution is -0.384. The van der Waals surface area contributed by atoms with Gasteiger partial charge in [-0.1, -0.05) is 25.3 Å².